The monoisotopic (exact) mass is 397 g/mol. The van der Waals surface area contributed by atoms with Gasteiger partial charge in [-0.1, -0.05) is 0 Å². The molecule has 10 nitrogen and oxygen atoms in total. The van der Waals surface area contributed by atoms with Crippen LogP contribution in [0.5, 0.6) is 0 Å². The zero-order valence-corrected chi connectivity index (χ0v) is 14.0. The van der Waals surface area contributed by atoms with Crippen LogP contribution in [0.4, 0.5) is 19.1 Å². The number of alkyl halides is 3. The van der Waals surface area contributed by atoms with Crippen LogP contribution in [0.2, 0.25) is 0 Å². The first-order valence-corrected chi connectivity index (χ1v) is 9.17. The Morgan fingerprint density at radius 1 is 1.50 bits per heavy atom. The summed E-state index contributed by atoms with van der Waals surface area (Å²) in [5, 5.41) is 0. The number of halogens is 3. The predicted molar refractivity (Wildman–Crippen MR) is 82.2 cm³/mol. The molecule has 5 N–H and O–H groups in total. The molecule has 1 fully saturated rings. The van der Waals surface area contributed by atoms with Crippen LogP contribution in [0, 0.1) is 5.41 Å². The zero-order chi connectivity index (χ0) is 19.3. The maximum atomic E-state index is 13.6. The second-order valence-corrected chi connectivity index (χ2v) is 7.94. The maximum Gasteiger partial charge on any atom is 0.396 e. The SMILES string of the molecule is Nc1nc2c(ncn2C2CC(CCP(=O)(O)O)(C(F)(F)F)CO2)c(=O)[nH]1. The topological polar surface area (TPSA) is 156 Å². The minimum Gasteiger partial charge on any atom is -0.369 e. The number of hydrogen-bond donors (Lipinski definition) is 4. The van der Waals surface area contributed by atoms with Gasteiger partial charge in [0.2, 0.25) is 5.95 Å². The van der Waals surface area contributed by atoms with Crippen LogP contribution in [-0.4, -0.2) is 48.3 Å². The van der Waals surface area contributed by atoms with Crippen molar-refractivity contribution in [3.63, 3.8) is 0 Å². The molecule has 2 unspecified atom stereocenters. The molecule has 0 aliphatic carbocycles. The van der Waals surface area contributed by atoms with Crippen molar-refractivity contribution in [3.05, 3.63) is 16.7 Å². The highest BCUT2D eigenvalue weighted by molar-refractivity contribution is 7.51. The molecule has 1 aliphatic heterocycles. The van der Waals surface area contributed by atoms with E-state index in [1.807, 2.05) is 0 Å². The molecule has 1 saturated heterocycles. The number of H-pyrrole nitrogens is 1. The second-order valence-electron chi connectivity index (χ2n) is 6.16. The van der Waals surface area contributed by atoms with Crippen LogP contribution in [0.15, 0.2) is 11.1 Å². The zero-order valence-electron chi connectivity index (χ0n) is 13.1. The van der Waals surface area contributed by atoms with Gasteiger partial charge in [0.25, 0.3) is 5.56 Å². The lowest BCUT2D eigenvalue weighted by Gasteiger charge is -2.30. The molecule has 144 valence electrons. The number of nitrogens with two attached hydrogens (primary N) is 1. The van der Waals surface area contributed by atoms with Crippen LogP contribution >= 0.6 is 7.60 Å². The van der Waals surface area contributed by atoms with Crippen molar-refractivity contribution in [3.8, 4) is 0 Å². The van der Waals surface area contributed by atoms with Crippen molar-refractivity contribution >= 4 is 24.7 Å². The van der Waals surface area contributed by atoms with Gasteiger partial charge in [0.15, 0.2) is 11.2 Å². The number of aromatic amines is 1. The van der Waals surface area contributed by atoms with E-state index < -0.39 is 56.6 Å². The lowest BCUT2D eigenvalue weighted by Crippen LogP contribution is -2.39. The Kier molecular flexibility index (Phi) is 4.38. The summed E-state index contributed by atoms with van der Waals surface area (Å²) in [4.78, 5) is 39.6. The quantitative estimate of drug-likeness (QED) is 0.550. The number of nitrogens with one attached hydrogen (secondary N) is 1. The van der Waals surface area contributed by atoms with E-state index in [4.69, 9.17) is 20.3 Å². The van der Waals surface area contributed by atoms with Crippen molar-refractivity contribution in [1.82, 2.24) is 19.5 Å². The summed E-state index contributed by atoms with van der Waals surface area (Å²) >= 11 is 0. The molecule has 26 heavy (non-hydrogen) atoms. The standard InChI is InChI=1S/C12H15F3N5O5P/c13-12(14,15)11(1-2-26(22,23)24)3-6(25-4-11)20-5-17-7-8(20)18-10(16)19-9(7)21/h5-6H,1-4H2,(H2,22,23,24)(H3,16,18,19,21). The number of fused-ring (bicyclic) bond motifs is 1. The van der Waals surface area contributed by atoms with Gasteiger partial charge >= 0.3 is 13.8 Å². The smallest absolute Gasteiger partial charge is 0.369 e. The molecule has 0 saturated carbocycles. The number of rotatable bonds is 4. The predicted octanol–water partition coefficient (Wildman–Crippen LogP) is 0.737. The minimum absolute atomic E-state index is 0.0378. The van der Waals surface area contributed by atoms with E-state index >= 15 is 0 Å². The summed E-state index contributed by atoms with van der Waals surface area (Å²) in [6, 6.07) is 0. The van der Waals surface area contributed by atoms with Crippen LogP contribution in [0.1, 0.15) is 19.1 Å². The van der Waals surface area contributed by atoms with Gasteiger partial charge in [-0.05, 0) is 6.42 Å². The van der Waals surface area contributed by atoms with E-state index in [1.54, 1.807) is 0 Å². The van der Waals surface area contributed by atoms with Gasteiger partial charge in [-0.25, -0.2) is 4.98 Å². The normalized spacial score (nSPS) is 24.4. The van der Waals surface area contributed by atoms with Gasteiger partial charge < -0.3 is 20.3 Å². The third-order valence-corrected chi connectivity index (χ3v) is 5.17. The average Bonchev–Trinajstić information content (AvgIpc) is 3.08. The Balaban J connectivity index is 1.95. The second kappa shape index (κ2) is 6.05. The van der Waals surface area contributed by atoms with E-state index in [2.05, 4.69) is 15.0 Å². The molecule has 2 atom stereocenters. The van der Waals surface area contributed by atoms with Gasteiger partial charge in [-0.2, -0.15) is 18.2 Å². The van der Waals surface area contributed by atoms with E-state index in [9.17, 15) is 22.5 Å². The molecular weight excluding hydrogens is 382 g/mol. The fourth-order valence-corrected chi connectivity index (χ4v) is 3.63. The van der Waals surface area contributed by atoms with Crippen molar-refractivity contribution in [2.75, 3.05) is 18.5 Å². The van der Waals surface area contributed by atoms with Gasteiger partial charge in [-0.15, -0.1) is 0 Å². The minimum atomic E-state index is -4.74. The Labute approximate surface area is 143 Å². The average molecular weight is 397 g/mol. The fourth-order valence-electron chi connectivity index (χ4n) is 2.91. The Bertz CT molecular complexity index is 937. The number of imidazole rings is 1. The van der Waals surface area contributed by atoms with Crippen LogP contribution in [-0.2, 0) is 9.30 Å². The van der Waals surface area contributed by atoms with E-state index in [0.717, 1.165) is 10.9 Å². The van der Waals surface area contributed by atoms with E-state index in [1.165, 1.54) is 0 Å². The van der Waals surface area contributed by atoms with Gasteiger partial charge in [-0.3, -0.25) is 18.9 Å². The first kappa shape index (κ1) is 18.8. The van der Waals surface area contributed by atoms with Gasteiger partial charge in [0.05, 0.1) is 24.5 Å². The molecule has 14 heteroatoms. The van der Waals surface area contributed by atoms with E-state index in [0.29, 0.717) is 0 Å². The third kappa shape index (κ3) is 3.34. The molecule has 0 bridgehead atoms. The molecule has 0 aromatic carbocycles. The summed E-state index contributed by atoms with van der Waals surface area (Å²) in [5.41, 5.74) is 2.23. The Hall–Kier alpha value is -1.95. The van der Waals surface area contributed by atoms with E-state index in [-0.39, 0.29) is 17.1 Å². The third-order valence-electron chi connectivity index (χ3n) is 4.36. The molecule has 2 aromatic rings. The number of ether oxygens (including phenoxy) is 1. The van der Waals surface area contributed by atoms with Crippen molar-refractivity contribution < 1.29 is 32.3 Å². The summed E-state index contributed by atoms with van der Waals surface area (Å²) in [6.45, 7) is -0.778. The summed E-state index contributed by atoms with van der Waals surface area (Å²) < 4.78 is 58.2. The molecule has 0 radical (unpaired) electrons. The van der Waals surface area contributed by atoms with Crippen molar-refractivity contribution in [2.45, 2.75) is 25.2 Å². The van der Waals surface area contributed by atoms with Crippen LogP contribution in [0.3, 0.4) is 0 Å². The molecule has 1 aliphatic rings. The maximum absolute atomic E-state index is 13.6. The Morgan fingerprint density at radius 3 is 2.81 bits per heavy atom. The van der Waals surface area contributed by atoms with Crippen LogP contribution < -0.4 is 11.3 Å². The van der Waals surface area contributed by atoms with Gasteiger partial charge in [0, 0.05) is 6.42 Å². The lowest BCUT2D eigenvalue weighted by molar-refractivity contribution is -0.223. The first-order chi connectivity index (χ1) is 11.9. The molecule has 0 amide bonds. The summed E-state index contributed by atoms with van der Waals surface area (Å²) in [7, 11) is -4.61. The lowest BCUT2D eigenvalue weighted by atomic mass is 9.83. The Morgan fingerprint density at radius 2 is 2.19 bits per heavy atom. The van der Waals surface area contributed by atoms with Crippen LogP contribution in [0.25, 0.3) is 11.2 Å². The number of nitrogen functional groups attached to an aromatic ring is 1. The number of hydrogen-bond acceptors (Lipinski definition) is 6. The largest absolute Gasteiger partial charge is 0.396 e. The molecule has 3 rings (SSSR count). The molecule has 2 aromatic heterocycles. The highest BCUT2D eigenvalue weighted by Gasteiger charge is 2.59. The fraction of sp³-hybridized carbons (Fsp3) is 0.583. The number of aromatic nitrogens is 4. The molecule has 3 heterocycles. The van der Waals surface area contributed by atoms with Gasteiger partial charge in [0.1, 0.15) is 6.23 Å². The molecular formula is C12H15F3N5O5P. The number of anilines is 1. The van der Waals surface area contributed by atoms with Crippen molar-refractivity contribution in [1.29, 1.82) is 0 Å². The number of nitrogens with zero attached hydrogens (tertiary/aromatic N) is 3. The highest BCUT2D eigenvalue weighted by Crippen LogP contribution is 2.54. The molecule has 0 spiro atoms. The summed E-state index contributed by atoms with van der Waals surface area (Å²) in [5.74, 6) is -0.231. The first-order valence-electron chi connectivity index (χ1n) is 7.37. The summed E-state index contributed by atoms with van der Waals surface area (Å²) in [6.07, 6.45) is -7.09. The van der Waals surface area contributed by atoms with Crippen molar-refractivity contribution in [2.24, 2.45) is 5.41 Å². The highest BCUT2D eigenvalue weighted by atomic mass is 31.2.